The van der Waals surface area contributed by atoms with E-state index in [1.807, 2.05) is 0 Å². The van der Waals surface area contributed by atoms with Crippen LogP contribution in [0.5, 0.6) is 0 Å². The number of thioether (sulfide) groups is 1. The molecule has 1 aliphatic heterocycles. The Bertz CT molecular complexity index is 530. The zero-order valence-electron chi connectivity index (χ0n) is 11.3. The maximum atomic E-state index is 12.0. The first-order valence-electron chi connectivity index (χ1n) is 6.12. The van der Waals surface area contributed by atoms with E-state index in [1.54, 1.807) is 44.1 Å². The second kappa shape index (κ2) is 6.47. The number of rotatable bonds is 3. The molecule has 2 amide bonds. The van der Waals surface area contributed by atoms with E-state index in [0.717, 1.165) is 11.6 Å². The zero-order chi connectivity index (χ0) is 14.7. The van der Waals surface area contributed by atoms with Gasteiger partial charge in [-0.25, -0.2) is 0 Å². The molecule has 108 valence electrons. The minimum atomic E-state index is -0.218. The Morgan fingerprint density at radius 1 is 1.45 bits per heavy atom. The smallest absolute Gasteiger partial charge is 0.253 e. The third-order valence-corrected chi connectivity index (χ3v) is 4.18. The second-order valence-electron chi connectivity index (χ2n) is 4.66. The molecule has 1 heterocycles. The van der Waals surface area contributed by atoms with Crippen LogP contribution in [0, 0.1) is 0 Å². The highest BCUT2D eigenvalue weighted by molar-refractivity contribution is 7.99. The van der Waals surface area contributed by atoms with Crippen molar-refractivity contribution in [3.63, 3.8) is 0 Å². The van der Waals surface area contributed by atoms with E-state index in [4.69, 9.17) is 11.6 Å². The summed E-state index contributed by atoms with van der Waals surface area (Å²) in [5, 5.41) is 6.27. The van der Waals surface area contributed by atoms with Crippen LogP contribution in [-0.2, 0) is 4.79 Å². The largest absolute Gasteiger partial charge is 0.345 e. The molecule has 2 N–H and O–H groups in total. The maximum Gasteiger partial charge on any atom is 0.253 e. The van der Waals surface area contributed by atoms with Crippen LogP contribution in [0.1, 0.15) is 10.4 Å². The van der Waals surface area contributed by atoms with Crippen LogP contribution in [0.3, 0.4) is 0 Å². The van der Waals surface area contributed by atoms with E-state index in [9.17, 15) is 9.59 Å². The summed E-state index contributed by atoms with van der Waals surface area (Å²) < 4.78 is 0. The third-order valence-electron chi connectivity index (χ3n) is 2.91. The molecule has 1 aliphatic rings. The normalized spacial score (nSPS) is 17.9. The first kappa shape index (κ1) is 15.2. The molecular formula is C13H16ClN3O2S. The molecule has 0 radical (unpaired) electrons. The first-order valence-corrected chi connectivity index (χ1v) is 7.65. The van der Waals surface area contributed by atoms with Gasteiger partial charge < -0.3 is 10.2 Å². The molecule has 0 spiro atoms. The molecule has 2 rings (SSSR count). The fourth-order valence-electron chi connectivity index (χ4n) is 1.80. The Kier molecular flexibility index (Phi) is 4.91. The Labute approximate surface area is 127 Å². The average molecular weight is 314 g/mol. The lowest BCUT2D eigenvalue weighted by atomic mass is 10.1. The molecule has 7 heteroatoms. The minimum Gasteiger partial charge on any atom is -0.345 e. The van der Waals surface area contributed by atoms with E-state index in [0.29, 0.717) is 16.3 Å². The van der Waals surface area contributed by atoms with Gasteiger partial charge in [0.05, 0.1) is 16.8 Å². The summed E-state index contributed by atoms with van der Waals surface area (Å²) >= 11 is 7.74. The van der Waals surface area contributed by atoms with Crippen LogP contribution in [0.4, 0.5) is 5.69 Å². The van der Waals surface area contributed by atoms with Crippen LogP contribution in [0.15, 0.2) is 18.2 Å². The number of carbonyl (C=O) groups excluding carboxylic acids is 2. The van der Waals surface area contributed by atoms with E-state index in [-0.39, 0.29) is 17.9 Å². The van der Waals surface area contributed by atoms with Crippen molar-refractivity contribution in [1.82, 2.24) is 10.2 Å². The predicted octanol–water partition coefficient (Wildman–Crippen LogP) is 1.64. The Morgan fingerprint density at radius 3 is 2.80 bits per heavy atom. The number of amides is 2. The van der Waals surface area contributed by atoms with E-state index in [1.165, 1.54) is 4.90 Å². The van der Waals surface area contributed by atoms with Gasteiger partial charge in [-0.3, -0.25) is 14.9 Å². The monoisotopic (exact) mass is 313 g/mol. The standard InChI is InChI=1S/C13H16ClN3O2S/c1-17(2)13(19)8-3-4-9(14)10(5-8)16-12(18)11-6-20-7-15-11/h3-5,11,15H,6-7H2,1-2H3,(H,16,18). The van der Waals surface area contributed by atoms with E-state index in [2.05, 4.69) is 10.6 Å². The van der Waals surface area contributed by atoms with Gasteiger partial charge >= 0.3 is 0 Å². The summed E-state index contributed by atoms with van der Waals surface area (Å²) in [6, 6.07) is 4.64. The summed E-state index contributed by atoms with van der Waals surface area (Å²) in [7, 11) is 3.35. The van der Waals surface area contributed by atoms with Crippen LogP contribution < -0.4 is 10.6 Å². The van der Waals surface area contributed by atoms with Gasteiger partial charge in [0.15, 0.2) is 0 Å². The molecule has 0 saturated carbocycles. The fourth-order valence-corrected chi connectivity index (χ4v) is 2.90. The Hall–Kier alpha value is -1.24. The first-order chi connectivity index (χ1) is 9.49. The van der Waals surface area contributed by atoms with Crippen molar-refractivity contribution in [2.45, 2.75) is 6.04 Å². The topological polar surface area (TPSA) is 61.4 Å². The van der Waals surface area contributed by atoms with Gasteiger partial charge in [0.2, 0.25) is 5.91 Å². The van der Waals surface area contributed by atoms with Crippen molar-refractivity contribution in [2.24, 2.45) is 0 Å². The molecular weight excluding hydrogens is 298 g/mol. The zero-order valence-corrected chi connectivity index (χ0v) is 12.8. The third kappa shape index (κ3) is 3.45. The van der Waals surface area contributed by atoms with Crippen LogP contribution in [-0.4, -0.2) is 48.5 Å². The number of nitrogens with one attached hydrogen (secondary N) is 2. The SMILES string of the molecule is CN(C)C(=O)c1ccc(Cl)c(NC(=O)C2CSCN2)c1. The van der Waals surface area contributed by atoms with Crippen molar-refractivity contribution < 1.29 is 9.59 Å². The maximum absolute atomic E-state index is 12.0. The number of nitrogens with zero attached hydrogens (tertiary/aromatic N) is 1. The van der Waals surface area contributed by atoms with E-state index >= 15 is 0 Å². The molecule has 1 aromatic rings. The predicted molar refractivity (Wildman–Crippen MR) is 82.3 cm³/mol. The molecule has 0 aromatic heterocycles. The Balaban J connectivity index is 2.16. The molecule has 1 fully saturated rings. The van der Waals surface area contributed by atoms with Gasteiger partial charge in [0.1, 0.15) is 0 Å². The van der Waals surface area contributed by atoms with Crippen molar-refractivity contribution in [3.05, 3.63) is 28.8 Å². The Morgan fingerprint density at radius 2 is 2.20 bits per heavy atom. The number of halogens is 1. The number of carbonyl (C=O) groups is 2. The van der Waals surface area contributed by atoms with Crippen LogP contribution in [0.2, 0.25) is 5.02 Å². The highest BCUT2D eigenvalue weighted by Gasteiger charge is 2.23. The molecule has 1 saturated heterocycles. The average Bonchev–Trinajstić information content (AvgIpc) is 2.94. The molecule has 0 bridgehead atoms. The van der Waals surface area contributed by atoms with Gasteiger partial charge in [0, 0.05) is 31.3 Å². The van der Waals surface area contributed by atoms with Crippen LogP contribution >= 0.6 is 23.4 Å². The molecule has 1 unspecified atom stereocenters. The van der Waals surface area contributed by atoms with Gasteiger partial charge in [-0.1, -0.05) is 11.6 Å². The summed E-state index contributed by atoms with van der Waals surface area (Å²) in [6.07, 6.45) is 0. The summed E-state index contributed by atoms with van der Waals surface area (Å²) in [4.78, 5) is 25.4. The van der Waals surface area contributed by atoms with Crippen molar-refractivity contribution in [3.8, 4) is 0 Å². The molecule has 1 aromatic carbocycles. The van der Waals surface area contributed by atoms with Crippen molar-refractivity contribution in [1.29, 1.82) is 0 Å². The van der Waals surface area contributed by atoms with Gasteiger partial charge in [-0.2, -0.15) is 0 Å². The quantitative estimate of drug-likeness (QED) is 0.890. The van der Waals surface area contributed by atoms with Gasteiger partial charge in [0.25, 0.3) is 5.91 Å². The lowest BCUT2D eigenvalue weighted by Gasteiger charge is -2.14. The number of hydrogen-bond donors (Lipinski definition) is 2. The van der Waals surface area contributed by atoms with Crippen LogP contribution in [0.25, 0.3) is 0 Å². The lowest BCUT2D eigenvalue weighted by Crippen LogP contribution is -2.37. The number of hydrogen-bond acceptors (Lipinski definition) is 4. The van der Waals surface area contributed by atoms with Crippen molar-refractivity contribution in [2.75, 3.05) is 31.0 Å². The minimum absolute atomic E-state index is 0.133. The van der Waals surface area contributed by atoms with Crippen molar-refractivity contribution >= 4 is 40.9 Å². The highest BCUT2D eigenvalue weighted by atomic mass is 35.5. The summed E-state index contributed by atoms with van der Waals surface area (Å²) in [5.41, 5.74) is 0.950. The molecule has 0 aliphatic carbocycles. The fraction of sp³-hybridized carbons (Fsp3) is 0.385. The lowest BCUT2D eigenvalue weighted by molar-refractivity contribution is -0.117. The molecule has 20 heavy (non-hydrogen) atoms. The number of anilines is 1. The van der Waals surface area contributed by atoms with E-state index < -0.39 is 0 Å². The summed E-state index contributed by atoms with van der Waals surface area (Å²) in [5.74, 6) is 1.24. The highest BCUT2D eigenvalue weighted by Crippen LogP contribution is 2.24. The number of benzene rings is 1. The molecule has 5 nitrogen and oxygen atoms in total. The van der Waals surface area contributed by atoms with Gasteiger partial charge in [-0.05, 0) is 18.2 Å². The summed E-state index contributed by atoms with van der Waals surface area (Å²) in [6.45, 7) is 0. The molecule has 1 atom stereocenters. The van der Waals surface area contributed by atoms with Gasteiger partial charge in [-0.15, -0.1) is 11.8 Å². The second-order valence-corrected chi connectivity index (χ2v) is 6.09.